The van der Waals surface area contributed by atoms with Gasteiger partial charge in [0.1, 0.15) is 17.2 Å². The molecule has 2 aromatic carbocycles. The molecule has 3 N–H and O–H groups in total. The number of hydrogen-bond acceptors (Lipinski definition) is 8. The third kappa shape index (κ3) is 10.4. The quantitative estimate of drug-likeness (QED) is 0.281. The summed E-state index contributed by atoms with van der Waals surface area (Å²) in [6, 6.07) is 16.2. The normalized spacial score (nSPS) is 16.3. The van der Waals surface area contributed by atoms with E-state index in [0.717, 1.165) is 11.1 Å². The molecule has 13 nitrogen and oxygen atoms in total. The van der Waals surface area contributed by atoms with Crippen LogP contribution in [0.4, 0.5) is 15.3 Å². The van der Waals surface area contributed by atoms with Gasteiger partial charge in [-0.1, -0.05) is 62.4 Å². The Morgan fingerprint density at radius 3 is 2.16 bits per heavy atom. The number of ether oxygens (including phenoxy) is 2. The number of hydrogen-bond donors (Lipinski definition) is 3. The monoisotopic (exact) mass is 727 g/mol. The average molecular weight is 728 g/mol. The number of aryl methyl sites for hydroxylation is 1. The number of amides is 4. The smallest absolute Gasteiger partial charge is 0.422 e. The number of fused-ring (bicyclic) bond motifs is 2. The fraction of sp³-hybridized carbons (Fsp3) is 0.568. The van der Waals surface area contributed by atoms with Crippen LogP contribution in [-0.4, -0.2) is 80.7 Å². The lowest BCUT2D eigenvalue weighted by atomic mass is 9.74. The summed E-state index contributed by atoms with van der Waals surface area (Å²) < 4.78 is 40.5. The number of piperidine rings is 1. The van der Waals surface area contributed by atoms with Gasteiger partial charge in [0.05, 0.1) is 12.3 Å². The Hall–Kier alpha value is -4.33. The van der Waals surface area contributed by atoms with Gasteiger partial charge in [-0.05, 0) is 89.8 Å². The molecule has 2 heterocycles. The number of rotatable bonds is 12. The summed E-state index contributed by atoms with van der Waals surface area (Å²) in [6.07, 6.45) is 0.871. The molecule has 0 aromatic heterocycles. The van der Waals surface area contributed by atoms with E-state index in [1.54, 1.807) is 51.7 Å². The molecule has 0 bridgehead atoms. The van der Waals surface area contributed by atoms with Crippen molar-refractivity contribution in [3.8, 4) is 0 Å². The van der Waals surface area contributed by atoms with Gasteiger partial charge >= 0.3 is 22.4 Å². The topological polar surface area (TPSA) is 163 Å². The first-order valence-corrected chi connectivity index (χ1v) is 19.0. The van der Waals surface area contributed by atoms with E-state index >= 15 is 0 Å². The maximum Gasteiger partial charge on any atom is 0.422 e. The fourth-order valence-corrected chi connectivity index (χ4v) is 7.62. The Morgan fingerprint density at radius 2 is 1.53 bits per heavy atom. The Morgan fingerprint density at radius 1 is 0.902 bits per heavy atom. The van der Waals surface area contributed by atoms with E-state index in [1.165, 1.54) is 4.31 Å². The highest BCUT2D eigenvalue weighted by atomic mass is 32.2. The second kappa shape index (κ2) is 15.9. The van der Waals surface area contributed by atoms with Gasteiger partial charge in [0, 0.05) is 25.0 Å². The van der Waals surface area contributed by atoms with Crippen LogP contribution in [0.2, 0.25) is 0 Å². The molecule has 1 fully saturated rings. The number of para-hydroxylation sites is 1. The lowest BCUT2D eigenvalue weighted by molar-refractivity contribution is -0.139. The molecule has 1 spiro atoms. The number of anilines is 1. The summed E-state index contributed by atoms with van der Waals surface area (Å²) in [7, 11) is -4.28. The molecule has 1 saturated heterocycles. The second-order valence-electron chi connectivity index (χ2n) is 15.4. The molecule has 1 atom stereocenters. The molecule has 0 saturated carbocycles. The minimum absolute atomic E-state index is 0.0410. The van der Waals surface area contributed by atoms with Crippen molar-refractivity contribution < 1.29 is 37.1 Å². The third-order valence-corrected chi connectivity index (χ3v) is 10.4. The molecule has 2 aliphatic heterocycles. The van der Waals surface area contributed by atoms with Gasteiger partial charge in [-0.2, -0.15) is 8.42 Å². The maximum atomic E-state index is 14.1. The zero-order valence-corrected chi connectivity index (χ0v) is 31.6. The summed E-state index contributed by atoms with van der Waals surface area (Å²) >= 11 is 0. The summed E-state index contributed by atoms with van der Waals surface area (Å²) in [5.41, 5.74) is -0.286. The summed E-state index contributed by atoms with van der Waals surface area (Å²) in [4.78, 5) is 54.3. The summed E-state index contributed by atoms with van der Waals surface area (Å²) in [5, 5.41) is 5.52. The molecular formula is C37H53N5O8S. The van der Waals surface area contributed by atoms with Crippen molar-refractivity contribution in [3.63, 3.8) is 0 Å². The van der Waals surface area contributed by atoms with Crippen LogP contribution in [0.3, 0.4) is 0 Å². The highest BCUT2D eigenvalue weighted by Gasteiger charge is 2.49. The molecule has 0 aliphatic carbocycles. The van der Waals surface area contributed by atoms with E-state index in [2.05, 4.69) is 10.6 Å². The number of nitrogens with one attached hydrogen (secondary N) is 3. The predicted molar refractivity (Wildman–Crippen MR) is 194 cm³/mol. The lowest BCUT2D eigenvalue weighted by Gasteiger charge is -2.41. The lowest BCUT2D eigenvalue weighted by Crippen LogP contribution is -2.60. The predicted octanol–water partition coefficient (Wildman–Crippen LogP) is 4.80. The van der Waals surface area contributed by atoms with Gasteiger partial charge in [0.25, 0.3) is 0 Å². The largest absolute Gasteiger partial charge is 0.449 e. The minimum Gasteiger partial charge on any atom is -0.449 e. The summed E-state index contributed by atoms with van der Waals surface area (Å²) in [5.74, 6) is -0.728. The molecule has 4 rings (SSSR count). The van der Waals surface area contributed by atoms with Crippen LogP contribution in [-0.2, 0) is 41.1 Å². The molecule has 2 aromatic rings. The van der Waals surface area contributed by atoms with Crippen LogP contribution in [0.25, 0.3) is 0 Å². The van der Waals surface area contributed by atoms with E-state index in [0.29, 0.717) is 50.9 Å². The Bertz CT molecular complexity index is 1660. The third-order valence-electron chi connectivity index (χ3n) is 9.06. The van der Waals surface area contributed by atoms with Crippen molar-refractivity contribution in [2.24, 2.45) is 5.92 Å². The van der Waals surface area contributed by atoms with Crippen LogP contribution in [0.5, 0.6) is 0 Å². The van der Waals surface area contributed by atoms with E-state index in [-0.39, 0.29) is 25.0 Å². The van der Waals surface area contributed by atoms with E-state index in [1.807, 2.05) is 61.0 Å². The highest BCUT2D eigenvalue weighted by Crippen LogP contribution is 2.47. The van der Waals surface area contributed by atoms with E-state index in [4.69, 9.17) is 9.47 Å². The van der Waals surface area contributed by atoms with Crippen molar-refractivity contribution >= 4 is 39.9 Å². The van der Waals surface area contributed by atoms with Crippen molar-refractivity contribution in [1.82, 2.24) is 20.3 Å². The first-order valence-electron chi connectivity index (χ1n) is 17.5. The number of benzene rings is 2. The SMILES string of the molecule is CC(C)COC(=O)NS(=O)(=O)N1CC2(CCN(C(=O)[C@@H](CCCc3ccccc3)NC(=O)C(C)(C)NC(=O)OC(C)(C)C)CC2)c2ccccc21. The zero-order valence-electron chi connectivity index (χ0n) is 30.8. The molecule has 280 valence electrons. The second-order valence-corrected chi connectivity index (χ2v) is 17.0. The zero-order chi connectivity index (χ0) is 37.6. The van der Waals surface area contributed by atoms with Gasteiger partial charge in [-0.15, -0.1) is 0 Å². The first kappa shape index (κ1) is 39.5. The first-order chi connectivity index (χ1) is 23.8. The van der Waals surface area contributed by atoms with Crippen molar-refractivity contribution in [1.29, 1.82) is 0 Å². The Balaban J connectivity index is 1.48. The van der Waals surface area contributed by atoms with Crippen molar-refractivity contribution in [2.45, 2.75) is 103 Å². The van der Waals surface area contributed by atoms with Gasteiger partial charge in [-0.25, -0.2) is 14.3 Å². The van der Waals surface area contributed by atoms with Gasteiger partial charge in [0.15, 0.2) is 0 Å². The minimum atomic E-state index is -4.28. The number of carbonyl (C=O) groups is 4. The van der Waals surface area contributed by atoms with Gasteiger partial charge in [-0.3, -0.25) is 13.9 Å². The molecule has 14 heteroatoms. The number of carbonyl (C=O) groups excluding carboxylic acids is 4. The summed E-state index contributed by atoms with van der Waals surface area (Å²) in [6.45, 7) is 12.8. The van der Waals surface area contributed by atoms with Crippen LogP contribution >= 0.6 is 0 Å². The molecule has 51 heavy (non-hydrogen) atoms. The highest BCUT2D eigenvalue weighted by molar-refractivity contribution is 7.91. The van der Waals surface area contributed by atoms with E-state index in [9.17, 15) is 27.6 Å². The number of nitrogens with zero attached hydrogens (tertiary/aromatic N) is 2. The van der Waals surface area contributed by atoms with Gasteiger partial charge < -0.3 is 25.0 Å². The Kier molecular flexibility index (Phi) is 12.3. The van der Waals surface area contributed by atoms with Crippen LogP contribution in [0.15, 0.2) is 54.6 Å². The fourth-order valence-electron chi connectivity index (χ4n) is 6.40. The molecule has 2 aliphatic rings. The van der Waals surface area contributed by atoms with Crippen LogP contribution < -0.4 is 19.7 Å². The van der Waals surface area contributed by atoms with Crippen LogP contribution in [0, 0.1) is 5.92 Å². The molecule has 4 amide bonds. The molecule has 0 unspecified atom stereocenters. The van der Waals surface area contributed by atoms with Crippen molar-refractivity contribution in [3.05, 3.63) is 65.7 Å². The van der Waals surface area contributed by atoms with E-state index < -0.39 is 50.9 Å². The molecule has 0 radical (unpaired) electrons. The number of alkyl carbamates (subject to hydrolysis) is 1. The Labute approximate surface area is 302 Å². The maximum absolute atomic E-state index is 14.1. The molecular weight excluding hydrogens is 675 g/mol. The van der Waals surface area contributed by atoms with Gasteiger partial charge in [0.2, 0.25) is 11.8 Å². The van der Waals surface area contributed by atoms with Crippen molar-refractivity contribution in [2.75, 3.05) is 30.5 Å². The standard InChI is InChI=1S/C37H53N5O8S/c1-26(2)24-49-34(46)40-51(47,48)42-25-37(28-17-11-12-19-30(28)42)20-22-41(23-21-37)31(43)29(18-13-16-27-14-9-8-10-15-27)38-32(44)36(6,7)39-33(45)50-35(3,4)5/h8-12,14-15,17,19,26,29H,13,16,18,20-25H2,1-7H3,(H,38,44)(H,39,45)(H,40,46)/t29-/m1/s1. The van der Waals surface area contributed by atoms with Crippen LogP contribution in [0.1, 0.15) is 85.3 Å². The average Bonchev–Trinajstić information content (AvgIpc) is 3.37. The number of likely N-dealkylation sites (tertiary alicyclic amines) is 1.